The fourth-order valence-electron chi connectivity index (χ4n) is 2.24. The summed E-state index contributed by atoms with van der Waals surface area (Å²) >= 11 is 0. The quantitative estimate of drug-likeness (QED) is 0.801. The van der Waals surface area contributed by atoms with Crippen LogP contribution in [0.2, 0.25) is 0 Å². The van der Waals surface area contributed by atoms with E-state index in [-0.39, 0.29) is 18.2 Å². The first-order valence-corrected chi connectivity index (χ1v) is 7.37. The maximum Gasteiger partial charge on any atom is 0.410 e. The average Bonchev–Trinajstić information content (AvgIpc) is 2.47. The number of hydrogen-bond acceptors (Lipinski definition) is 5. The first-order chi connectivity index (χ1) is 10.4. The lowest BCUT2D eigenvalue weighted by Gasteiger charge is -2.36. The van der Waals surface area contributed by atoms with Crippen molar-refractivity contribution in [1.82, 2.24) is 9.88 Å². The van der Waals surface area contributed by atoms with Crippen molar-refractivity contribution in [2.24, 2.45) is 0 Å². The van der Waals surface area contributed by atoms with E-state index in [0.29, 0.717) is 25.3 Å². The van der Waals surface area contributed by atoms with E-state index in [2.05, 4.69) is 4.98 Å². The summed E-state index contributed by atoms with van der Waals surface area (Å²) in [6, 6.07) is 3.13. The Morgan fingerprint density at radius 3 is 2.86 bits per heavy atom. The molecule has 1 saturated heterocycles. The molecule has 6 heteroatoms. The first kappa shape index (κ1) is 16.4. The monoisotopic (exact) mass is 306 g/mol. The normalized spacial score (nSPS) is 18.9. The maximum atomic E-state index is 12.3. The highest BCUT2D eigenvalue weighted by Gasteiger charge is 2.32. The highest BCUT2D eigenvalue weighted by Crippen LogP contribution is 2.18. The number of nitrogens with zero attached hydrogens (tertiary/aromatic N) is 2. The molecule has 0 radical (unpaired) electrons. The van der Waals surface area contributed by atoms with Gasteiger partial charge in [-0.15, -0.1) is 0 Å². The number of morpholine rings is 1. The summed E-state index contributed by atoms with van der Waals surface area (Å²) in [5, 5.41) is 0. The molecule has 2 heterocycles. The number of aromatic nitrogens is 1. The van der Waals surface area contributed by atoms with Gasteiger partial charge in [-0.25, -0.2) is 4.79 Å². The molecular formula is C16H22N2O4. The van der Waals surface area contributed by atoms with Crippen LogP contribution in [0.15, 0.2) is 24.5 Å². The summed E-state index contributed by atoms with van der Waals surface area (Å²) in [7, 11) is 0. The summed E-state index contributed by atoms with van der Waals surface area (Å²) in [4.78, 5) is 30.1. The van der Waals surface area contributed by atoms with Crippen LogP contribution in [-0.2, 0) is 9.47 Å². The van der Waals surface area contributed by atoms with Crippen molar-refractivity contribution in [3.05, 3.63) is 30.1 Å². The molecule has 0 saturated carbocycles. The molecule has 1 aliphatic rings. The fraction of sp³-hybridized carbons (Fsp3) is 0.562. The predicted octanol–water partition coefficient (Wildman–Crippen LogP) is 2.29. The summed E-state index contributed by atoms with van der Waals surface area (Å²) in [5.74, 6) is -0.0582. The Kier molecular flexibility index (Phi) is 5.13. The Bertz CT molecular complexity index is 525. The predicted molar refractivity (Wildman–Crippen MR) is 80.7 cm³/mol. The molecule has 1 fully saturated rings. The zero-order chi connectivity index (χ0) is 16.2. The van der Waals surface area contributed by atoms with E-state index < -0.39 is 11.7 Å². The molecule has 120 valence electrons. The fourth-order valence-corrected chi connectivity index (χ4v) is 2.24. The van der Waals surface area contributed by atoms with Crippen LogP contribution in [0.3, 0.4) is 0 Å². The molecule has 22 heavy (non-hydrogen) atoms. The van der Waals surface area contributed by atoms with Gasteiger partial charge in [0.2, 0.25) is 0 Å². The molecule has 1 aromatic rings. The first-order valence-electron chi connectivity index (χ1n) is 7.37. The van der Waals surface area contributed by atoms with Crippen molar-refractivity contribution in [2.45, 2.75) is 38.8 Å². The van der Waals surface area contributed by atoms with Crippen LogP contribution in [-0.4, -0.2) is 53.2 Å². The lowest BCUT2D eigenvalue weighted by Crippen LogP contribution is -2.51. The Morgan fingerprint density at radius 1 is 1.45 bits per heavy atom. The maximum absolute atomic E-state index is 12.3. The average molecular weight is 306 g/mol. The van der Waals surface area contributed by atoms with Gasteiger partial charge in [0.25, 0.3) is 0 Å². The third kappa shape index (κ3) is 4.53. The highest BCUT2D eigenvalue weighted by molar-refractivity contribution is 5.96. The molecule has 0 bridgehead atoms. The minimum Gasteiger partial charge on any atom is -0.444 e. The molecule has 0 aliphatic carbocycles. The number of carbonyl (C=O) groups excluding carboxylic acids is 2. The third-order valence-corrected chi connectivity index (χ3v) is 3.26. The Morgan fingerprint density at radius 2 is 2.23 bits per heavy atom. The number of amides is 1. The van der Waals surface area contributed by atoms with Gasteiger partial charge in [0.1, 0.15) is 5.60 Å². The standard InChI is InChI=1S/C16H22N2O4/c1-16(2,3)22-15(20)18-7-8-21-11-13(18)9-14(19)12-5-4-6-17-10-12/h4-6,10,13H,7-9,11H2,1-3H3. The molecule has 1 aliphatic heterocycles. The topological polar surface area (TPSA) is 68.7 Å². The zero-order valence-electron chi connectivity index (χ0n) is 13.2. The molecule has 0 spiro atoms. The van der Waals surface area contributed by atoms with Gasteiger partial charge in [-0.2, -0.15) is 0 Å². The van der Waals surface area contributed by atoms with Gasteiger partial charge in [0.15, 0.2) is 5.78 Å². The summed E-state index contributed by atoms with van der Waals surface area (Å²) in [5.41, 5.74) is -0.0231. The van der Waals surface area contributed by atoms with E-state index in [0.717, 1.165) is 0 Å². The molecule has 1 atom stereocenters. The van der Waals surface area contributed by atoms with Crippen molar-refractivity contribution in [3.63, 3.8) is 0 Å². The van der Waals surface area contributed by atoms with E-state index in [1.807, 2.05) is 20.8 Å². The number of hydrogen-bond donors (Lipinski definition) is 0. The Hall–Kier alpha value is -1.95. The SMILES string of the molecule is CC(C)(C)OC(=O)N1CCOCC1CC(=O)c1cccnc1. The van der Waals surface area contributed by atoms with Gasteiger partial charge < -0.3 is 14.4 Å². The Balaban J connectivity index is 2.04. The van der Waals surface area contributed by atoms with Crippen LogP contribution >= 0.6 is 0 Å². The number of pyridine rings is 1. The minimum atomic E-state index is -0.562. The Labute approximate surface area is 130 Å². The van der Waals surface area contributed by atoms with Crippen LogP contribution in [0.25, 0.3) is 0 Å². The van der Waals surface area contributed by atoms with Crippen molar-refractivity contribution >= 4 is 11.9 Å². The lowest BCUT2D eigenvalue weighted by molar-refractivity contribution is -0.0322. The number of carbonyl (C=O) groups is 2. The molecule has 6 nitrogen and oxygen atoms in total. The minimum absolute atomic E-state index is 0.0582. The van der Waals surface area contributed by atoms with E-state index in [4.69, 9.17) is 9.47 Å². The third-order valence-electron chi connectivity index (χ3n) is 3.26. The smallest absolute Gasteiger partial charge is 0.410 e. The second-order valence-corrected chi connectivity index (χ2v) is 6.27. The van der Waals surface area contributed by atoms with Gasteiger partial charge in [-0.05, 0) is 32.9 Å². The number of Topliss-reactive ketones (excluding diaryl/α,β-unsaturated/α-hetero) is 1. The second-order valence-electron chi connectivity index (χ2n) is 6.27. The van der Waals surface area contributed by atoms with E-state index in [9.17, 15) is 9.59 Å². The number of rotatable bonds is 3. The summed E-state index contributed by atoms with van der Waals surface area (Å²) in [6.45, 7) is 6.69. The van der Waals surface area contributed by atoms with Crippen molar-refractivity contribution in [2.75, 3.05) is 19.8 Å². The molecule has 1 amide bonds. The molecule has 1 unspecified atom stereocenters. The van der Waals surface area contributed by atoms with Gasteiger partial charge in [0, 0.05) is 30.9 Å². The van der Waals surface area contributed by atoms with E-state index in [1.165, 1.54) is 6.20 Å². The second kappa shape index (κ2) is 6.87. The van der Waals surface area contributed by atoms with Crippen molar-refractivity contribution in [1.29, 1.82) is 0 Å². The van der Waals surface area contributed by atoms with Gasteiger partial charge in [-0.3, -0.25) is 9.78 Å². The summed E-state index contributed by atoms with van der Waals surface area (Å²) in [6.07, 6.45) is 2.95. The highest BCUT2D eigenvalue weighted by atomic mass is 16.6. The molecule has 2 rings (SSSR count). The van der Waals surface area contributed by atoms with Crippen molar-refractivity contribution < 1.29 is 19.1 Å². The van der Waals surface area contributed by atoms with Crippen molar-refractivity contribution in [3.8, 4) is 0 Å². The van der Waals surface area contributed by atoms with Crippen LogP contribution in [0.1, 0.15) is 37.6 Å². The van der Waals surface area contributed by atoms with E-state index in [1.54, 1.807) is 23.2 Å². The largest absolute Gasteiger partial charge is 0.444 e. The van der Waals surface area contributed by atoms with Gasteiger partial charge in [-0.1, -0.05) is 0 Å². The number of ketones is 1. The zero-order valence-corrected chi connectivity index (χ0v) is 13.2. The molecule has 1 aromatic heterocycles. The number of ether oxygens (including phenoxy) is 2. The lowest BCUT2D eigenvalue weighted by atomic mass is 10.0. The van der Waals surface area contributed by atoms with Gasteiger partial charge in [0.05, 0.1) is 19.3 Å². The molecule has 0 aromatic carbocycles. The van der Waals surface area contributed by atoms with Gasteiger partial charge >= 0.3 is 6.09 Å². The van der Waals surface area contributed by atoms with E-state index >= 15 is 0 Å². The summed E-state index contributed by atoms with van der Waals surface area (Å²) < 4.78 is 10.8. The van der Waals surface area contributed by atoms with Crippen LogP contribution in [0, 0.1) is 0 Å². The van der Waals surface area contributed by atoms with Crippen LogP contribution < -0.4 is 0 Å². The van der Waals surface area contributed by atoms with Crippen LogP contribution in [0.4, 0.5) is 4.79 Å². The molecule has 0 N–H and O–H groups in total. The molecular weight excluding hydrogens is 284 g/mol. The van der Waals surface area contributed by atoms with Crippen LogP contribution in [0.5, 0.6) is 0 Å².